The molecule has 6 nitrogen and oxygen atoms in total. The molecule has 0 spiro atoms. The van der Waals surface area contributed by atoms with Crippen molar-refractivity contribution in [1.29, 1.82) is 0 Å². The number of benzene rings is 1. The second-order valence-electron chi connectivity index (χ2n) is 6.28. The highest BCUT2D eigenvalue weighted by molar-refractivity contribution is 5.25. The Labute approximate surface area is 143 Å². The number of nitrogens with zero attached hydrogens (tertiary/aromatic N) is 4. The highest BCUT2D eigenvalue weighted by Crippen LogP contribution is 2.22. The van der Waals surface area contributed by atoms with E-state index in [0.717, 1.165) is 39.0 Å². The number of anilines is 1. The van der Waals surface area contributed by atoms with Gasteiger partial charge < -0.3 is 14.6 Å². The number of nitrogens with one attached hydrogen (secondary N) is 1. The lowest BCUT2D eigenvalue weighted by Crippen LogP contribution is -2.44. The maximum absolute atomic E-state index is 5.71. The molecular weight excluding hydrogens is 302 g/mol. The minimum Gasteiger partial charge on any atom is -0.407 e. The third-order valence-corrected chi connectivity index (χ3v) is 4.67. The number of hydrogen-bond acceptors (Lipinski definition) is 6. The van der Waals surface area contributed by atoms with Crippen LogP contribution in [0.2, 0.25) is 0 Å². The first kappa shape index (κ1) is 16.9. The first-order valence-electron chi connectivity index (χ1n) is 8.80. The lowest BCUT2D eigenvalue weighted by molar-refractivity contribution is 0.167. The summed E-state index contributed by atoms with van der Waals surface area (Å²) >= 11 is 0. The summed E-state index contributed by atoms with van der Waals surface area (Å²) in [7, 11) is 1.88. The SMILES string of the molecule is CCN(Cc1ccccc1)C1CCN(c2nnc(CNC)o2)CC1. The van der Waals surface area contributed by atoms with Gasteiger partial charge in [-0.25, -0.2) is 0 Å². The Morgan fingerprint density at radius 2 is 1.96 bits per heavy atom. The van der Waals surface area contributed by atoms with E-state index in [0.29, 0.717) is 24.5 Å². The smallest absolute Gasteiger partial charge is 0.318 e. The Morgan fingerprint density at radius 3 is 2.62 bits per heavy atom. The Bertz CT molecular complexity index is 607. The largest absolute Gasteiger partial charge is 0.407 e. The number of rotatable bonds is 7. The third kappa shape index (κ3) is 4.13. The molecule has 0 bridgehead atoms. The summed E-state index contributed by atoms with van der Waals surface area (Å²) in [5, 5.41) is 11.3. The Balaban J connectivity index is 1.55. The molecule has 2 heterocycles. The van der Waals surface area contributed by atoms with Gasteiger partial charge in [0.2, 0.25) is 5.89 Å². The van der Waals surface area contributed by atoms with Gasteiger partial charge in [-0.05, 0) is 32.0 Å². The van der Waals surface area contributed by atoms with E-state index in [-0.39, 0.29) is 0 Å². The average molecular weight is 329 g/mol. The van der Waals surface area contributed by atoms with Crippen LogP contribution >= 0.6 is 0 Å². The van der Waals surface area contributed by atoms with Gasteiger partial charge in [-0.2, -0.15) is 0 Å². The number of piperidine rings is 1. The molecule has 0 atom stereocenters. The predicted molar refractivity (Wildman–Crippen MR) is 94.8 cm³/mol. The van der Waals surface area contributed by atoms with Gasteiger partial charge in [-0.1, -0.05) is 42.4 Å². The molecule has 1 aliphatic heterocycles. The fourth-order valence-corrected chi connectivity index (χ4v) is 3.33. The molecule has 1 fully saturated rings. The van der Waals surface area contributed by atoms with Gasteiger partial charge in [0.05, 0.1) is 6.54 Å². The Kier molecular flexibility index (Phi) is 5.82. The molecule has 1 aromatic heterocycles. The molecule has 1 saturated heterocycles. The van der Waals surface area contributed by atoms with Gasteiger partial charge in [0, 0.05) is 25.7 Å². The van der Waals surface area contributed by atoms with E-state index < -0.39 is 0 Å². The summed E-state index contributed by atoms with van der Waals surface area (Å²) in [6, 6.07) is 12.0. The lowest BCUT2D eigenvalue weighted by Gasteiger charge is -2.37. The molecule has 1 N–H and O–H groups in total. The molecule has 1 aliphatic rings. The van der Waals surface area contributed by atoms with E-state index >= 15 is 0 Å². The van der Waals surface area contributed by atoms with Crippen LogP contribution in [0, 0.1) is 0 Å². The third-order valence-electron chi connectivity index (χ3n) is 4.67. The van der Waals surface area contributed by atoms with Crippen molar-refractivity contribution in [2.24, 2.45) is 0 Å². The Hall–Kier alpha value is -1.92. The summed E-state index contributed by atoms with van der Waals surface area (Å²) in [4.78, 5) is 4.78. The Morgan fingerprint density at radius 1 is 1.21 bits per heavy atom. The van der Waals surface area contributed by atoms with E-state index in [4.69, 9.17) is 4.42 Å². The van der Waals surface area contributed by atoms with E-state index in [1.807, 2.05) is 7.05 Å². The highest BCUT2D eigenvalue weighted by atomic mass is 16.4. The van der Waals surface area contributed by atoms with E-state index in [1.165, 1.54) is 5.56 Å². The van der Waals surface area contributed by atoms with Crippen molar-refractivity contribution in [1.82, 2.24) is 20.4 Å². The summed E-state index contributed by atoms with van der Waals surface area (Å²) in [6.07, 6.45) is 2.26. The molecule has 3 rings (SSSR count). The summed E-state index contributed by atoms with van der Waals surface area (Å²) in [6.45, 7) is 6.90. The zero-order valence-corrected chi connectivity index (χ0v) is 14.6. The van der Waals surface area contributed by atoms with Crippen LogP contribution in [0.5, 0.6) is 0 Å². The predicted octanol–water partition coefficient (Wildman–Crippen LogP) is 2.28. The van der Waals surface area contributed by atoms with Crippen LogP contribution in [0.3, 0.4) is 0 Å². The fourth-order valence-electron chi connectivity index (χ4n) is 3.33. The normalized spacial score (nSPS) is 16.0. The van der Waals surface area contributed by atoms with Gasteiger partial charge in [0.15, 0.2) is 0 Å². The summed E-state index contributed by atoms with van der Waals surface area (Å²) in [5.41, 5.74) is 1.38. The van der Waals surface area contributed by atoms with Crippen LogP contribution in [-0.4, -0.2) is 47.8 Å². The van der Waals surface area contributed by atoms with Gasteiger partial charge in [-0.3, -0.25) is 4.90 Å². The summed E-state index contributed by atoms with van der Waals surface area (Å²) in [5.74, 6) is 0.647. The van der Waals surface area contributed by atoms with Crippen molar-refractivity contribution in [3.63, 3.8) is 0 Å². The maximum atomic E-state index is 5.71. The molecule has 2 aromatic rings. The topological polar surface area (TPSA) is 57.4 Å². The van der Waals surface area contributed by atoms with Crippen LogP contribution in [0.1, 0.15) is 31.2 Å². The van der Waals surface area contributed by atoms with Crippen LogP contribution in [0.15, 0.2) is 34.7 Å². The van der Waals surface area contributed by atoms with Crippen LogP contribution in [-0.2, 0) is 13.1 Å². The molecule has 0 unspecified atom stereocenters. The lowest BCUT2D eigenvalue weighted by atomic mass is 10.0. The second-order valence-corrected chi connectivity index (χ2v) is 6.28. The standard InChI is InChI=1S/C18H27N5O/c1-3-22(14-15-7-5-4-6-8-15)16-9-11-23(12-10-16)18-21-20-17(24-18)13-19-2/h4-8,16,19H,3,9-14H2,1-2H3. The van der Waals surface area contributed by atoms with Crippen molar-refractivity contribution < 1.29 is 4.42 Å². The van der Waals surface area contributed by atoms with Gasteiger partial charge >= 0.3 is 6.01 Å². The quantitative estimate of drug-likeness (QED) is 0.841. The van der Waals surface area contributed by atoms with Gasteiger partial charge in [-0.15, -0.1) is 5.10 Å². The van der Waals surface area contributed by atoms with Gasteiger partial charge in [0.1, 0.15) is 0 Å². The van der Waals surface area contributed by atoms with Gasteiger partial charge in [0.25, 0.3) is 0 Å². The zero-order valence-electron chi connectivity index (χ0n) is 14.6. The molecule has 0 aliphatic carbocycles. The minimum absolute atomic E-state index is 0.615. The highest BCUT2D eigenvalue weighted by Gasteiger charge is 2.26. The van der Waals surface area contributed by atoms with Crippen LogP contribution in [0.4, 0.5) is 6.01 Å². The fraction of sp³-hybridized carbons (Fsp3) is 0.556. The van der Waals surface area contributed by atoms with Crippen molar-refractivity contribution in [3.05, 3.63) is 41.8 Å². The second kappa shape index (κ2) is 8.26. The molecule has 0 saturated carbocycles. The number of aromatic nitrogens is 2. The zero-order chi connectivity index (χ0) is 16.8. The van der Waals surface area contributed by atoms with Crippen molar-refractivity contribution in [2.75, 3.05) is 31.6 Å². The summed E-state index contributed by atoms with van der Waals surface area (Å²) < 4.78 is 5.71. The van der Waals surface area contributed by atoms with Crippen molar-refractivity contribution >= 4 is 6.01 Å². The first-order valence-corrected chi connectivity index (χ1v) is 8.80. The molecular formula is C18H27N5O. The molecule has 130 valence electrons. The molecule has 0 radical (unpaired) electrons. The first-order chi connectivity index (χ1) is 11.8. The van der Waals surface area contributed by atoms with Crippen LogP contribution in [0.25, 0.3) is 0 Å². The molecule has 24 heavy (non-hydrogen) atoms. The maximum Gasteiger partial charge on any atom is 0.318 e. The molecule has 1 aromatic carbocycles. The average Bonchev–Trinajstić information content (AvgIpc) is 3.10. The van der Waals surface area contributed by atoms with E-state index in [2.05, 4.69) is 62.6 Å². The number of hydrogen-bond donors (Lipinski definition) is 1. The van der Waals surface area contributed by atoms with E-state index in [1.54, 1.807) is 0 Å². The van der Waals surface area contributed by atoms with Crippen LogP contribution < -0.4 is 10.2 Å². The monoisotopic (exact) mass is 329 g/mol. The van der Waals surface area contributed by atoms with E-state index in [9.17, 15) is 0 Å². The van der Waals surface area contributed by atoms with Crippen molar-refractivity contribution in [2.45, 2.75) is 38.9 Å². The molecule has 6 heteroatoms. The minimum atomic E-state index is 0.615. The van der Waals surface area contributed by atoms with Crippen molar-refractivity contribution in [3.8, 4) is 0 Å². The molecule has 0 amide bonds.